The van der Waals surface area contributed by atoms with Crippen LogP contribution in [0.2, 0.25) is 0 Å². The molecule has 0 bridgehead atoms. The molecule has 4 rings (SSSR count). The van der Waals surface area contributed by atoms with Crippen LogP contribution in [0.5, 0.6) is 0 Å². The van der Waals surface area contributed by atoms with Gasteiger partial charge in [-0.3, -0.25) is 14.9 Å². The molecule has 7 nitrogen and oxygen atoms in total. The van der Waals surface area contributed by atoms with Gasteiger partial charge in [-0.25, -0.2) is 9.78 Å². The monoisotopic (exact) mass is 434 g/mol. The first-order valence-corrected chi connectivity index (χ1v) is 10.8. The van der Waals surface area contributed by atoms with E-state index in [9.17, 15) is 14.4 Å². The zero-order valence-electron chi connectivity index (χ0n) is 17.2. The van der Waals surface area contributed by atoms with Crippen molar-refractivity contribution in [2.24, 2.45) is 0 Å². The van der Waals surface area contributed by atoms with E-state index in [-0.39, 0.29) is 12.3 Å². The molecule has 0 aliphatic carbocycles. The van der Waals surface area contributed by atoms with Gasteiger partial charge in [0.1, 0.15) is 10.5 Å². The molecule has 2 heterocycles. The second kappa shape index (κ2) is 8.31. The molecule has 0 spiro atoms. The fraction of sp³-hybridized carbons (Fsp3) is 0.217. The summed E-state index contributed by atoms with van der Waals surface area (Å²) in [6, 6.07) is 14.6. The van der Waals surface area contributed by atoms with Crippen LogP contribution in [0.1, 0.15) is 30.7 Å². The minimum atomic E-state index is -1.17. The molecule has 1 atom stereocenters. The topological polar surface area (TPSA) is 100 Å². The number of amides is 4. The molecular formula is C23H22N4O3S. The molecule has 0 radical (unpaired) electrons. The number of aryl methyl sites for hydroxylation is 1. The summed E-state index contributed by atoms with van der Waals surface area (Å²) < 4.78 is 0. The number of benzene rings is 2. The second-order valence-electron chi connectivity index (χ2n) is 7.53. The number of aromatic nitrogens is 1. The van der Waals surface area contributed by atoms with Crippen molar-refractivity contribution < 1.29 is 14.4 Å². The van der Waals surface area contributed by atoms with Crippen LogP contribution in [0.3, 0.4) is 0 Å². The van der Waals surface area contributed by atoms with Crippen molar-refractivity contribution in [3.05, 3.63) is 70.7 Å². The van der Waals surface area contributed by atoms with E-state index in [2.05, 4.69) is 40.0 Å². The number of hydrogen-bond acceptors (Lipinski definition) is 5. The number of thiazole rings is 1. The number of nitrogens with zero attached hydrogens (tertiary/aromatic N) is 1. The number of hydrogen-bond donors (Lipinski definition) is 3. The van der Waals surface area contributed by atoms with Gasteiger partial charge >= 0.3 is 6.03 Å². The van der Waals surface area contributed by atoms with E-state index in [4.69, 9.17) is 0 Å². The van der Waals surface area contributed by atoms with Crippen LogP contribution in [-0.2, 0) is 28.0 Å². The Labute approximate surface area is 183 Å². The predicted octanol–water partition coefficient (Wildman–Crippen LogP) is 3.61. The summed E-state index contributed by atoms with van der Waals surface area (Å²) in [6.45, 7) is 3.74. The van der Waals surface area contributed by atoms with Crippen LogP contribution >= 0.6 is 11.3 Å². The number of carbonyl (C=O) groups is 3. The van der Waals surface area contributed by atoms with Gasteiger partial charge in [-0.05, 0) is 36.6 Å². The smallest absolute Gasteiger partial charge is 0.322 e. The Hall–Kier alpha value is -3.52. The molecule has 0 saturated carbocycles. The van der Waals surface area contributed by atoms with E-state index >= 15 is 0 Å². The number of rotatable bonds is 6. The fourth-order valence-corrected chi connectivity index (χ4v) is 4.25. The highest BCUT2D eigenvalue weighted by Gasteiger charge is 2.43. The summed E-state index contributed by atoms with van der Waals surface area (Å²) in [7, 11) is 0. The average molecular weight is 435 g/mol. The van der Waals surface area contributed by atoms with Gasteiger partial charge in [-0.1, -0.05) is 43.3 Å². The Morgan fingerprint density at radius 3 is 2.61 bits per heavy atom. The maximum atomic E-state index is 12.5. The first kappa shape index (κ1) is 20.7. The number of nitrogens with one attached hydrogen (secondary N) is 3. The molecule has 31 heavy (non-hydrogen) atoms. The largest absolute Gasteiger partial charge is 0.326 e. The highest BCUT2D eigenvalue weighted by Crippen LogP contribution is 2.27. The van der Waals surface area contributed by atoms with E-state index in [0.717, 1.165) is 17.0 Å². The molecule has 3 N–H and O–H groups in total. The average Bonchev–Trinajstić information content (AvgIpc) is 3.32. The van der Waals surface area contributed by atoms with Gasteiger partial charge in [-0.15, -0.1) is 11.3 Å². The molecule has 2 aromatic carbocycles. The third-order valence-corrected chi connectivity index (χ3v) is 6.21. The van der Waals surface area contributed by atoms with E-state index in [0.29, 0.717) is 16.9 Å². The molecule has 158 valence electrons. The lowest BCUT2D eigenvalue weighted by Gasteiger charge is -2.21. The third kappa shape index (κ3) is 4.34. The lowest BCUT2D eigenvalue weighted by Crippen LogP contribution is -2.40. The molecule has 1 aromatic heterocycles. The van der Waals surface area contributed by atoms with Crippen LogP contribution in [0, 0.1) is 0 Å². The van der Waals surface area contributed by atoms with Crippen LogP contribution in [0.15, 0.2) is 53.9 Å². The van der Waals surface area contributed by atoms with Crippen LogP contribution < -0.4 is 16.0 Å². The van der Waals surface area contributed by atoms with Gasteiger partial charge < -0.3 is 10.6 Å². The van der Waals surface area contributed by atoms with E-state index in [1.165, 1.54) is 16.9 Å². The third-order valence-electron chi connectivity index (χ3n) is 5.27. The Balaban J connectivity index is 1.43. The molecule has 8 heteroatoms. The molecule has 4 amide bonds. The minimum absolute atomic E-state index is 0.141. The van der Waals surface area contributed by atoms with E-state index in [1.807, 2.05) is 17.5 Å². The SMILES string of the molecule is CCc1ccc(-c2nc(CC(=O)Nc3cccc(C4(C)NC(=O)NC4=O)c3)cs2)cc1. The van der Waals surface area contributed by atoms with Crippen LogP contribution in [0.4, 0.5) is 10.5 Å². The molecular weight excluding hydrogens is 412 g/mol. The lowest BCUT2D eigenvalue weighted by atomic mass is 9.92. The maximum Gasteiger partial charge on any atom is 0.322 e. The molecule has 3 aromatic rings. The summed E-state index contributed by atoms with van der Waals surface area (Å²) in [5.74, 6) is -0.636. The summed E-state index contributed by atoms with van der Waals surface area (Å²) in [6.07, 6.45) is 1.13. The highest BCUT2D eigenvalue weighted by atomic mass is 32.1. The van der Waals surface area contributed by atoms with Gasteiger partial charge in [0.05, 0.1) is 12.1 Å². The van der Waals surface area contributed by atoms with Crippen molar-refractivity contribution in [3.8, 4) is 10.6 Å². The standard InChI is InChI=1S/C23H22N4O3S/c1-3-14-7-9-15(10-8-14)20-25-18(13-31-20)12-19(28)24-17-6-4-5-16(11-17)23(2)21(29)26-22(30)27-23/h4-11,13H,3,12H2,1-2H3,(H,24,28)(H2,26,27,29,30). The molecule has 1 aliphatic rings. The summed E-state index contributed by atoms with van der Waals surface area (Å²) in [4.78, 5) is 40.8. The molecule has 1 aliphatic heterocycles. The number of carbonyl (C=O) groups excluding carboxylic acids is 3. The van der Waals surface area contributed by atoms with Crippen LogP contribution in [0.25, 0.3) is 10.6 Å². The van der Waals surface area contributed by atoms with Crippen molar-refractivity contribution in [3.63, 3.8) is 0 Å². The Bertz CT molecular complexity index is 1160. The normalized spacial score (nSPS) is 17.9. The fourth-order valence-electron chi connectivity index (χ4n) is 3.43. The summed E-state index contributed by atoms with van der Waals surface area (Å²) in [5, 5.41) is 10.5. The minimum Gasteiger partial charge on any atom is -0.326 e. The van der Waals surface area contributed by atoms with Crippen molar-refractivity contribution in [1.29, 1.82) is 0 Å². The van der Waals surface area contributed by atoms with E-state index < -0.39 is 17.5 Å². The quantitative estimate of drug-likeness (QED) is 0.516. The van der Waals surface area contributed by atoms with Crippen molar-refractivity contribution in [1.82, 2.24) is 15.6 Å². The second-order valence-corrected chi connectivity index (χ2v) is 8.39. The number of imide groups is 1. The predicted molar refractivity (Wildman–Crippen MR) is 120 cm³/mol. The molecule has 1 fully saturated rings. The van der Waals surface area contributed by atoms with Crippen molar-refractivity contribution >= 4 is 34.9 Å². The van der Waals surface area contributed by atoms with Gasteiger partial charge in [0.25, 0.3) is 5.91 Å². The Kier molecular flexibility index (Phi) is 5.56. The van der Waals surface area contributed by atoms with Crippen LogP contribution in [-0.4, -0.2) is 22.8 Å². The zero-order chi connectivity index (χ0) is 22.0. The highest BCUT2D eigenvalue weighted by molar-refractivity contribution is 7.13. The first-order chi connectivity index (χ1) is 14.9. The zero-order valence-corrected chi connectivity index (χ0v) is 18.0. The Morgan fingerprint density at radius 2 is 1.94 bits per heavy atom. The summed E-state index contributed by atoms with van der Waals surface area (Å²) in [5.41, 5.74) is 2.96. The van der Waals surface area contributed by atoms with Gasteiger partial charge in [0.2, 0.25) is 5.91 Å². The van der Waals surface area contributed by atoms with Gasteiger partial charge in [0, 0.05) is 16.6 Å². The van der Waals surface area contributed by atoms with E-state index in [1.54, 1.807) is 31.2 Å². The maximum absolute atomic E-state index is 12.5. The van der Waals surface area contributed by atoms with Gasteiger partial charge in [-0.2, -0.15) is 0 Å². The lowest BCUT2D eigenvalue weighted by molar-refractivity contribution is -0.123. The van der Waals surface area contributed by atoms with Crippen molar-refractivity contribution in [2.45, 2.75) is 32.2 Å². The first-order valence-electron chi connectivity index (χ1n) is 9.95. The number of urea groups is 1. The summed E-state index contributed by atoms with van der Waals surface area (Å²) >= 11 is 1.51. The number of anilines is 1. The Morgan fingerprint density at radius 1 is 1.16 bits per heavy atom. The van der Waals surface area contributed by atoms with Crippen molar-refractivity contribution in [2.75, 3.05) is 5.32 Å². The van der Waals surface area contributed by atoms with Gasteiger partial charge in [0.15, 0.2) is 0 Å². The molecule has 1 saturated heterocycles. The molecule has 1 unspecified atom stereocenters.